The molecular weight excluding hydrogens is 431 g/mol. The van der Waals surface area contributed by atoms with Gasteiger partial charge in [0.25, 0.3) is 0 Å². The highest BCUT2D eigenvalue weighted by Gasteiger charge is 2.34. The van der Waals surface area contributed by atoms with Gasteiger partial charge in [0.1, 0.15) is 17.7 Å². The van der Waals surface area contributed by atoms with Crippen molar-refractivity contribution in [2.75, 3.05) is 13.1 Å². The third kappa shape index (κ3) is 4.58. The van der Waals surface area contributed by atoms with E-state index in [9.17, 15) is 17.6 Å². The second kappa shape index (κ2) is 9.22. The van der Waals surface area contributed by atoms with Crippen LogP contribution in [0.4, 0.5) is 4.39 Å². The van der Waals surface area contributed by atoms with Crippen LogP contribution in [0.1, 0.15) is 30.3 Å². The number of carbonyl (C=O) groups is 1. The maximum atomic E-state index is 13.2. The fourth-order valence-corrected chi connectivity index (χ4v) is 5.51. The fourth-order valence-electron chi connectivity index (χ4n) is 3.99. The Kier molecular flexibility index (Phi) is 6.38. The molecule has 168 valence electrons. The number of sulfonamides is 1. The van der Waals surface area contributed by atoms with E-state index in [1.165, 1.54) is 16.4 Å². The van der Waals surface area contributed by atoms with Gasteiger partial charge in [-0.15, -0.1) is 0 Å². The molecule has 0 radical (unpaired) electrons. The van der Waals surface area contributed by atoms with E-state index < -0.39 is 27.8 Å². The molecule has 3 aromatic rings. The summed E-state index contributed by atoms with van der Waals surface area (Å²) in [7, 11) is -1.94. The Morgan fingerprint density at radius 2 is 1.88 bits per heavy atom. The number of imidazole rings is 1. The van der Waals surface area contributed by atoms with Crippen LogP contribution in [0.25, 0.3) is 0 Å². The number of nitrogens with zero attached hydrogens (tertiary/aromatic N) is 3. The van der Waals surface area contributed by atoms with Crippen LogP contribution in [0.5, 0.6) is 0 Å². The van der Waals surface area contributed by atoms with Gasteiger partial charge < -0.3 is 9.88 Å². The summed E-state index contributed by atoms with van der Waals surface area (Å²) in [6, 6.07) is 13.8. The SMILES string of the molecule is Cn1ccnc1C(NC(=O)C1CCCN(S(=O)(=O)c2ccc(F)cc2)C1)c1ccccc1. The van der Waals surface area contributed by atoms with Crippen LogP contribution in [0, 0.1) is 11.7 Å². The number of aryl methyl sites for hydroxylation is 1. The van der Waals surface area contributed by atoms with E-state index in [4.69, 9.17) is 0 Å². The largest absolute Gasteiger partial charge is 0.342 e. The third-order valence-corrected chi connectivity index (χ3v) is 7.62. The van der Waals surface area contributed by atoms with Crippen molar-refractivity contribution in [3.63, 3.8) is 0 Å². The van der Waals surface area contributed by atoms with E-state index in [2.05, 4.69) is 10.3 Å². The number of benzene rings is 2. The highest BCUT2D eigenvalue weighted by molar-refractivity contribution is 7.89. The molecule has 9 heteroatoms. The Labute approximate surface area is 186 Å². The summed E-state index contributed by atoms with van der Waals surface area (Å²) in [4.78, 5) is 17.6. The molecule has 1 aliphatic rings. The molecule has 0 bridgehead atoms. The normalized spacial score (nSPS) is 18.2. The van der Waals surface area contributed by atoms with E-state index in [0.717, 1.165) is 17.7 Å². The van der Waals surface area contributed by atoms with Crippen LogP contribution in [0.3, 0.4) is 0 Å². The van der Waals surface area contributed by atoms with Crippen LogP contribution in [-0.4, -0.2) is 41.3 Å². The molecule has 1 aliphatic heterocycles. The minimum atomic E-state index is -3.81. The fraction of sp³-hybridized carbons (Fsp3) is 0.304. The summed E-state index contributed by atoms with van der Waals surface area (Å²) in [5.41, 5.74) is 0.891. The molecule has 2 atom stereocenters. The molecule has 1 aromatic heterocycles. The highest BCUT2D eigenvalue weighted by atomic mass is 32.2. The van der Waals surface area contributed by atoms with Crippen molar-refractivity contribution >= 4 is 15.9 Å². The average molecular weight is 457 g/mol. The van der Waals surface area contributed by atoms with Crippen LogP contribution in [0.15, 0.2) is 71.9 Å². The second-order valence-corrected chi connectivity index (χ2v) is 9.84. The van der Waals surface area contributed by atoms with Crippen molar-refractivity contribution in [2.24, 2.45) is 13.0 Å². The van der Waals surface area contributed by atoms with Crippen LogP contribution >= 0.6 is 0 Å². The number of rotatable bonds is 6. The summed E-state index contributed by atoms with van der Waals surface area (Å²) in [6.07, 6.45) is 4.64. The number of hydrogen-bond acceptors (Lipinski definition) is 4. The Bertz CT molecular complexity index is 1180. The quantitative estimate of drug-likeness (QED) is 0.618. The lowest BCUT2D eigenvalue weighted by Gasteiger charge is -2.32. The molecule has 2 aromatic carbocycles. The number of hydrogen-bond donors (Lipinski definition) is 1. The number of aromatic nitrogens is 2. The number of piperidine rings is 1. The predicted octanol–water partition coefficient (Wildman–Crippen LogP) is 2.87. The molecule has 0 aliphatic carbocycles. The van der Waals surface area contributed by atoms with Crippen molar-refractivity contribution in [1.29, 1.82) is 0 Å². The maximum Gasteiger partial charge on any atom is 0.243 e. The second-order valence-electron chi connectivity index (χ2n) is 7.90. The van der Waals surface area contributed by atoms with Gasteiger partial charge in [0.05, 0.1) is 10.8 Å². The first-order valence-corrected chi connectivity index (χ1v) is 11.9. The molecule has 0 saturated carbocycles. The molecule has 0 spiro atoms. The van der Waals surface area contributed by atoms with Gasteiger partial charge in [-0.1, -0.05) is 30.3 Å². The molecule has 1 saturated heterocycles. The predicted molar refractivity (Wildman–Crippen MR) is 118 cm³/mol. The first kappa shape index (κ1) is 22.2. The topological polar surface area (TPSA) is 84.3 Å². The lowest BCUT2D eigenvalue weighted by molar-refractivity contribution is -0.126. The van der Waals surface area contributed by atoms with E-state index in [-0.39, 0.29) is 17.3 Å². The summed E-state index contributed by atoms with van der Waals surface area (Å²) in [5.74, 6) is -0.524. The standard InChI is InChI=1S/C23H25FN4O3S/c1-27-15-13-25-22(27)21(17-6-3-2-4-7-17)26-23(29)18-8-5-14-28(16-18)32(30,31)20-11-9-19(24)10-12-20/h2-4,6-7,9-13,15,18,21H,5,8,14,16H2,1H3,(H,26,29). The van der Waals surface area contributed by atoms with E-state index in [0.29, 0.717) is 25.2 Å². The zero-order valence-electron chi connectivity index (χ0n) is 17.7. The summed E-state index contributed by atoms with van der Waals surface area (Å²) >= 11 is 0. The first-order valence-electron chi connectivity index (χ1n) is 10.4. The Balaban J connectivity index is 1.53. The maximum absolute atomic E-state index is 13.2. The van der Waals surface area contributed by atoms with Gasteiger partial charge in [-0.05, 0) is 42.7 Å². The van der Waals surface area contributed by atoms with Crippen molar-refractivity contribution < 1.29 is 17.6 Å². The van der Waals surface area contributed by atoms with Crippen molar-refractivity contribution in [1.82, 2.24) is 19.2 Å². The zero-order valence-corrected chi connectivity index (χ0v) is 18.5. The van der Waals surface area contributed by atoms with Gasteiger partial charge in [-0.2, -0.15) is 4.31 Å². The number of amides is 1. The lowest BCUT2D eigenvalue weighted by Crippen LogP contribution is -2.46. The third-order valence-electron chi connectivity index (χ3n) is 5.74. The molecule has 7 nitrogen and oxygen atoms in total. The monoisotopic (exact) mass is 456 g/mol. The molecular formula is C23H25FN4O3S. The van der Waals surface area contributed by atoms with Gasteiger partial charge >= 0.3 is 0 Å². The summed E-state index contributed by atoms with van der Waals surface area (Å²) in [6.45, 7) is 0.401. The van der Waals surface area contributed by atoms with Gasteiger partial charge in [-0.3, -0.25) is 4.79 Å². The smallest absolute Gasteiger partial charge is 0.243 e. The zero-order chi connectivity index (χ0) is 22.7. The minimum Gasteiger partial charge on any atom is -0.342 e. The van der Waals surface area contributed by atoms with Gasteiger partial charge in [0.2, 0.25) is 15.9 Å². The van der Waals surface area contributed by atoms with Crippen LogP contribution < -0.4 is 5.32 Å². The average Bonchev–Trinajstić information content (AvgIpc) is 3.23. The minimum absolute atomic E-state index is 0.0233. The van der Waals surface area contributed by atoms with Gasteiger partial charge in [-0.25, -0.2) is 17.8 Å². The summed E-state index contributed by atoms with van der Waals surface area (Å²) in [5, 5.41) is 3.07. The van der Waals surface area contributed by atoms with Gasteiger partial charge in [0, 0.05) is 32.5 Å². The molecule has 32 heavy (non-hydrogen) atoms. The molecule has 2 heterocycles. The Morgan fingerprint density at radius 1 is 1.16 bits per heavy atom. The molecule has 1 amide bonds. The number of carbonyl (C=O) groups excluding carboxylic acids is 1. The van der Waals surface area contributed by atoms with Crippen LogP contribution in [-0.2, 0) is 21.9 Å². The van der Waals surface area contributed by atoms with Crippen molar-refractivity contribution in [3.8, 4) is 0 Å². The summed E-state index contributed by atoms with van der Waals surface area (Å²) < 4.78 is 42.4. The van der Waals surface area contributed by atoms with E-state index >= 15 is 0 Å². The lowest BCUT2D eigenvalue weighted by atomic mass is 9.97. The van der Waals surface area contributed by atoms with E-state index in [1.54, 1.807) is 6.20 Å². The Morgan fingerprint density at radius 3 is 2.53 bits per heavy atom. The van der Waals surface area contributed by atoms with Crippen molar-refractivity contribution in [3.05, 3.63) is 84.2 Å². The van der Waals surface area contributed by atoms with Gasteiger partial charge in [0.15, 0.2) is 0 Å². The first-order chi connectivity index (χ1) is 15.4. The number of halogens is 1. The number of nitrogens with one attached hydrogen (secondary N) is 1. The van der Waals surface area contributed by atoms with Crippen LogP contribution in [0.2, 0.25) is 0 Å². The highest BCUT2D eigenvalue weighted by Crippen LogP contribution is 2.26. The van der Waals surface area contributed by atoms with Crippen molar-refractivity contribution in [2.45, 2.75) is 23.8 Å². The molecule has 1 N–H and O–H groups in total. The Hall–Kier alpha value is -3.04. The molecule has 4 rings (SSSR count). The molecule has 1 fully saturated rings. The van der Waals surface area contributed by atoms with E-state index in [1.807, 2.05) is 48.1 Å². The molecule has 2 unspecified atom stereocenters.